The lowest BCUT2D eigenvalue weighted by atomic mass is 10.2. The average Bonchev–Trinajstić information content (AvgIpc) is 2.53. The summed E-state index contributed by atoms with van der Waals surface area (Å²) in [6.45, 7) is 11.7. The second-order valence-corrected chi connectivity index (χ2v) is 7.00. The molecule has 25 heavy (non-hydrogen) atoms. The second-order valence-electron chi connectivity index (χ2n) is 7.00. The van der Waals surface area contributed by atoms with Crippen molar-refractivity contribution in [2.24, 2.45) is 0 Å². The number of piperazine rings is 1. The van der Waals surface area contributed by atoms with E-state index in [1.165, 1.54) is 0 Å². The third-order valence-electron chi connectivity index (χ3n) is 3.74. The highest BCUT2D eigenvalue weighted by Crippen LogP contribution is 2.22. The van der Waals surface area contributed by atoms with Gasteiger partial charge in [-0.1, -0.05) is 0 Å². The van der Waals surface area contributed by atoms with Gasteiger partial charge in [0, 0.05) is 31.9 Å². The molecule has 0 N–H and O–H groups in total. The first-order valence-corrected chi connectivity index (χ1v) is 8.59. The van der Waals surface area contributed by atoms with E-state index in [2.05, 4.69) is 4.98 Å². The van der Waals surface area contributed by atoms with Gasteiger partial charge in [0.1, 0.15) is 17.0 Å². The van der Waals surface area contributed by atoms with Crippen LogP contribution < -0.4 is 4.90 Å². The summed E-state index contributed by atoms with van der Waals surface area (Å²) in [6, 6.07) is 3.54. The van der Waals surface area contributed by atoms with Gasteiger partial charge in [0.2, 0.25) is 0 Å². The van der Waals surface area contributed by atoms with Gasteiger partial charge in [0.15, 0.2) is 0 Å². The van der Waals surface area contributed by atoms with E-state index in [0.717, 1.165) is 5.69 Å². The molecule has 7 heteroatoms. The molecule has 2 heterocycles. The molecule has 1 aliphatic heterocycles. The smallest absolute Gasteiger partial charge is 0.410 e. The molecule has 2 rings (SSSR count). The van der Waals surface area contributed by atoms with Crippen molar-refractivity contribution in [1.82, 2.24) is 9.88 Å². The van der Waals surface area contributed by atoms with Gasteiger partial charge in [-0.25, -0.2) is 14.6 Å². The minimum absolute atomic E-state index is 0.310. The zero-order valence-electron chi connectivity index (χ0n) is 15.7. The van der Waals surface area contributed by atoms with Crippen molar-refractivity contribution < 1.29 is 19.1 Å². The van der Waals surface area contributed by atoms with Crippen LogP contribution >= 0.6 is 0 Å². The van der Waals surface area contributed by atoms with Gasteiger partial charge in [-0.3, -0.25) is 0 Å². The van der Waals surface area contributed by atoms with Gasteiger partial charge in [0.05, 0.1) is 6.61 Å². The van der Waals surface area contributed by atoms with Crippen molar-refractivity contribution >= 4 is 17.9 Å². The van der Waals surface area contributed by atoms with Crippen LogP contribution in [0, 0.1) is 6.92 Å². The first-order valence-electron chi connectivity index (χ1n) is 8.59. The molecule has 1 aromatic rings. The molecule has 1 aliphatic rings. The van der Waals surface area contributed by atoms with Crippen molar-refractivity contribution in [2.75, 3.05) is 37.7 Å². The molecule has 0 bridgehead atoms. The molecule has 0 aromatic carbocycles. The largest absolute Gasteiger partial charge is 0.462 e. The monoisotopic (exact) mass is 349 g/mol. The molecule has 1 aromatic heterocycles. The highest BCUT2D eigenvalue weighted by atomic mass is 16.6. The maximum Gasteiger partial charge on any atom is 0.410 e. The number of carbonyl (C=O) groups is 2. The Morgan fingerprint density at radius 3 is 2.36 bits per heavy atom. The van der Waals surface area contributed by atoms with Crippen molar-refractivity contribution in [3.63, 3.8) is 0 Å². The predicted molar refractivity (Wildman–Crippen MR) is 95.0 cm³/mol. The maximum atomic E-state index is 12.2. The molecule has 0 spiro atoms. The molecular formula is C18H27N3O4. The Morgan fingerprint density at radius 1 is 1.16 bits per heavy atom. The quantitative estimate of drug-likeness (QED) is 0.781. The Labute approximate surface area is 148 Å². The molecule has 0 radical (unpaired) electrons. The Hall–Kier alpha value is -2.31. The third-order valence-corrected chi connectivity index (χ3v) is 3.74. The first kappa shape index (κ1) is 19.0. The third kappa shape index (κ3) is 5.08. The van der Waals surface area contributed by atoms with Crippen molar-refractivity contribution in [1.29, 1.82) is 0 Å². The Bertz CT molecular complexity index is 632. The van der Waals surface area contributed by atoms with E-state index in [9.17, 15) is 9.59 Å². The summed E-state index contributed by atoms with van der Waals surface area (Å²) in [7, 11) is 0. The summed E-state index contributed by atoms with van der Waals surface area (Å²) in [5, 5.41) is 0. The number of aryl methyl sites for hydroxylation is 1. The number of pyridine rings is 1. The zero-order valence-corrected chi connectivity index (χ0v) is 15.7. The summed E-state index contributed by atoms with van der Waals surface area (Å²) in [5.41, 5.74) is 0.777. The lowest BCUT2D eigenvalue weighted by molar-refractivity contribution is 0.0239. The zero-order chi connectivity index (χ0) is 18.6. The number of anilines is 1. The topological polar surface area (TPSA) is 72.0 Å². The van der Waals surface area contributed by atoms with E-state index in [1.807, 2.05) is 32.6 Å². The van der Waals surface area contributed by atoms with Gasteiger partial charge in [-0.2, -0.15) is 0 Å². The van der Waals surface area contributed by atoms with Gasteiger partial charge in [-0.15, -0.1) is 0 Å². The van der Waals surface area contributed by atoms with Crippen molar-refractivity contribution in [3.05, 3.63) is 23.4 Å². The number of nitrogens with zero attached hydrogens (tertiary/aromatic N) is 3. The van der Waals surface area contributed by atoms with Crippen LogP contribution in [0.5, 0.6) is 0 Å². The number of ether oxygens (including phenoxy) is 2. The summed E-state index contributed by atoms with van der Waals surface area (Å²) in [5.74, 6) is 0.238. The number of amides is 1. The Balaban J connectivity index is 2.09. The van der Waals surface area contributed by atoms with E-state index in [-0.39, 0.29) is 12.1 Å². The summed E-state index contributed by atoms with van der Waals surface area (Å²) < 4.78 is 10.5. The number of carbonyl (C=O) groups excluding carboxylic acids is 2. The highest BCUT2D eigenvalue weighted by molar-refractivity contribution is 5.95. The molecule has 1 fully saturated rings. The van der Waals surface area contributed by atoms with Gasteiger partial charge < -0.3 is 19.3 Å². The SMILES string of the molecule is CCOC(=O)c1ccc(C)nc1N1CCN(C(=O)OC(C)(C)C)CC1. The van der Waals surface area contributed by atoms with Crippen LogP contribution in [0.25, 0.3) is 0 Å². The van der Waals surface area contributed by atoms with Crippen LogP contribution in [0.3, 0.4) is 0 Å². The Morgan fingerprint density at radius 2 is 1.80 bits per heavy atom. The summed E-state index contributed by atoms with van der Waals surface area (Å²) in [6.07, 6.45) is -0.310. The number of hydrogen-bond acceptors (Lipinski definition) is 6. The number of hydrogen-bond donors (Lipinski definition) is 0. The fraction of sp³-hybridized carbons (Fsp3) is 0.611. The van der Waals surface area contributed by atoms with E-state index < -0.39 is 5.60 Å². The molecule has 0 aliphatic carbocycles. The number of esters is 1. The van der Waals surface area contributed by atoms with Crippen LogP contribution in [-0.2, 0) is 9.47 Å². The van der Waals surface area contributed by atoms with Gasteiger partial charge in [0.25, 0.3) is 0 Å². The van der Waals surface area contributed by atoms with Gasteiger partial charge >= 0.3 is 12.1 Å². The maximum absolute atomic E-state index is 12.2. The lowest BCUT2D eigenvalue weighted by Crippen LogP contribution is -2.50. The molecule has 0 saturated carbocycles. The molecule has 0 unspecified atom stereocenters. The number of rotatable bonds is 3. The van der Waals surface area contributed by atoms with Crippen LogP contribution in [0.4, 0.5) is 10.6 Å². The molecule has 138 valence electrons. The minimum atomic E-state index is -0.511. The lowest BCUT2D eigenvalue weighted by Gasteiger charge is -2.36. The minimum Gasteiger partial charge on any atom is -0.462 e. The van der Waals surface area contributed by atoms with Gasteiger partial charge in [-0.05, 0) is 46.8 Å². The van der Waals surface area contributed by atoms with Crippen molar-refractivity contribution in [2.45, 2.75) is 40.2 Å². The number of aromatic nitrogens is 1. The summed E-state index contributed by atoms with van der Waals surface area (Å²) >= 11 is 0. The molecule has 7 nitrogen and oxygen atoms in total. The van der Waals surface area contributed by atoms with E-state index in [1.54, 1.807) is 24.0 Å². The van der Waals surface area contributed by atoms with Crippen molar-refractivity contribution in [3.8, 4) is 0 Å². The van der Waals surface area contributed by atoms with Crippen LogP contribution in [0.1, 0.15) is 43.7 Å². The fourth-order valence-corrected chi connectivity index (χ4v) is 2.58. The Kier molecular flexibility index (Phi) is 5.87. The fourth-order valence-electron chi connectivity index (χ4n) is 2.58. The van der Waals surface area contributed by atoms with Crippen LogP contribution in [0.15, 0.2) is 12.1 Å². The standard InChI is InChI=1S/C18H27N3O4/c1-6-24-16(22)14-8-7-13(2)19-15(14)20-9-11-21(12-10-20)17(23)25-18(3,4)5/h7-8H,6,9-12H2,1-5H3. The van der Waals surface area contributed by atoms with Crippen LogP contribution in [-0.4, -0.2) is 60.3 Å². The van der Waals surface area contributed by atoms with E-state index in [0.29, 0.717) is 44.2 Å². The molecule has 1 amide bonds. The molecule has 1 saturated heterocycles. The second kappa shape index (κ2) is 7.72. The van der Waals surface area contributed by atoms with E-state index >= 15 is 0 Å². The normalized spacial score (nSPS) is 15.1. The molecular weight excluding hydrogens is 322 g/mol. The first-order chi connectivity index (χ1) is 11.7. The van der Waals surface area contributed by atoms with E-state index in [4.69, 9.17) is 9.47 Å². The highest BCUT2D eigenvalue weighted by Gasteiger charge is 2.28. The summed E-state index contributed by atoms with van der Waals surface area (Å²) in [4.78, 5) is 32.6. The van der Waals surface area contributed by atoms with Crippen LogP contribution in [0.2, 0.25) is 0 Å². The molecule has 0 atom stereocenters. The predicted octanol–water partition coefficient (Wildman–Crippen LogP) is 2.62. The average molecular weight is 349 g/mol.